The summed E-state index contributed by atoms with van der Waals surface area (Å²) < 4.78 is 0. The molecule has 1 saturated carbocycles. The number of terminal acetylenes is 1. The highest BCUT2D eigenvalue weighted by atomic mass is 16.2. The third-order valence-electron chi connectivity index (χ3n) is 4.20. The molecule has 114 valence electrons. The molecule has 1 aliphatic heterocycles. The van der Waals surface area contributed by atoms with Gasteiger partial charge in [-0.1, -0.05) is 0 Å². The molecule has 5 nitrogen and oxygen atoms in total. The zero-order valence-electron chi connectivity index (χ0n) is 12.6. The fraction of sp³-hybridized carbons (Fsp3) is 0.529. The van der Waals surface area contributed by atoms with Gasteiger partial charge in [0.1, 0.15) is 0 Å². The van der Waals surface area contributed by atoms with Gasteiger partial charge in [-0.25, -0.2) is 0 Å². The Labute approximate surface area is 130 Å². The topological polar surface area (TPSA) is 57.9 Å². The van der Waals surface area contributed by atoms with Crippen LogP contribution in [0.15, 0.2) is 34.8 Å². The van der Waals surface area contributed by atoms with Gasteiger partial charge in [-0.05, 0) is 30.5 Å². The number of hydrogen-bond donors (Lipinski definition) is 0. The fourth-order valence-electron chi connectivity index (χ4n) is 2.61. The van der Waals surface area contributed by atoms with E-state index < -0.39 is 0 Å². The van der Waals surface area contributed by atoms with E-state index in [4.69, 9.17) is 6.42 Å². The summed E-state index contributed by atoms with van der Waals surface area (Å²) in [6.45, 7) is 0.664. The number of amides is 1. The highest BCUT2D eigenvalue weighted by Crippen LogP contribution is 2.38. The first kappa shape index (κ1) is 14.7. The zero-order chi connectivity index (χ0) is 15.4. The highest BCUT2D eigenvalue weighted by molar-refractivity contribution is 5.77. The van der Waals surface area contributed by atoms with Crippen LogP contribution in [0.25, 0.3) is 0 Å². The SMILES string of the molecule is C#CCCC1(CCC(=O)N(Cc2ccncc2)C2CC2)N=N1. The zero-order valence-corrected chi connectivity index (χ0v) is 12.6. The molecule has 2 heterocycles. The summed E-state index contributed by atoms with van der Waals surface area (Å²) in [7, 11) is 0. The van der Waals surface area contributed by atoms with Crippen LogP contribution in [0.4, 0.5) is 0 Å². The Morgan fingerprint density at radius 2 is 2.05 bits per heavy atom. The van der Waals surface area contributed by atoms with Crippen molar-refractivity contribution in [3.63, 3.8) is 0 Å². The molecular weight excluding hydrogens is 276 g/mol. The smallest absolute Gasteiger partial charge is 0.223 e. The van der Waals surface area contributed by atoms with E-state index >= 15 is 0 Å². The minimum atomic E-state index is -0.367. The van der Waals surface area contributed by atoms with Gasteiger partial charge in [-0.2, -0.15) is 10.2 Å². The lowest BCUT2D eigenvalue weighted by Crippen LogP contribution is -2.33. The van der Waals surface area contributed by atoms with Gasteiger partial charge in [0.25, 0.3) is 0 Å². The Kier molecular flexibility index (Phi) is 4.19. The number of hydrogen-bond acceptors (Lipinski definition) is 4. The molecule has 0 atom stereocenters. The molecule has 0 radical (unpaired) electrons. The second-order valence-electron chi connectivity index (χ2n) is 5.99. The molecule has 2 aliphatic rings. The maximum atomic E-state index is 12.6. The van der Waals surface area contributed by atoms with Crippen molar-refractivity contribution in [1.29, 1.82) is 0 Å². The Morgan fingerprint density at radius 3 is 2.64 bits per heavy atom. The minimum absolute atomic E-state index is 0.191. The van der Waals surface area contributed by atoms with Crippen LogP contribution in [0.5, 0.6) is 0 Å². The highest BCUT2D eigenvalue weighted by Gasteiger charge is 2.40. The van der Waals surface area contributed by atoms with Crippen LogP contribution >= 0.6 is 0 Å². The van der Waals surface area contributed by atoms with Crippen LogP contribution < -0.4 is 0 Å². The molecular formula is C17H20N4O. The first-order chi connectivity index (χ1) is 10.7. The van der Waals surface area contributed by atoms with Crippen molar-refractivity contribution in [1.82, 2.24) is 9.88 Å². The van der Waals surface area contributed by atoms with Crippen LogP contribution in [0.3, 0.4) is 0 Å². The maximum Gasteiger partial charge on any atom is 0.223 e. The molecule has 0 spiro atoms. The van der Waals surface area contributed by atoms with E-state index in [1.165, 1.54) is 0 Å². The van der Waals surface area contributed by atoms with Crippen molar-refractivity contribution in [2.45, 2.75) is 56.8 Å². The van der Waals surface area contributed by atoms with Crippen molar-refractivity contribution in [2.75, 3.05) is 0 Å². The standard InChI is InChI=1S/C17H20N4O/c1-2-3-9-17(19-20-17)10-6-16(22)21(15-4-5-15)13-14-7-11-18-12-8-14/h1,7-8,11-12,15H,3-6,9-10,13H2. The van der Waals surface area contributed by atoms with Gasteiger partial charge >= 0.3 is 0 Å². The van der Waals surface area contributed by atoms with Crippen molar-refractivity contribution >= 4 is 5.91 Å². The second kappa shape index (κ2) is 6.27. The predicted molar refractivity (Wildman–Crippen MR) is 82.7 cm³/mol. The third kappa shape index (κ3) is 3.70. The van der Waals surface area contributed by atoms with Gasteiger partial charge in [0.15, 0.2) is 5.66 Å². The predicted octanol–water partition coefficient (Wildman–Crippen LogP) is 2.93. The number of nitrogens with zero attached hydrogens (tertiary/aromatic N) is 4. The summed E-state index contributed by atoms with van der Waals surface area (Å²) in [5, 5.41) is 8.20. The number of carbonyl (C=O) groups is 1. The second-order valence-corrected chi connectivity index (χ2v) is 5.99. The maximum absolute atomic E-state index is 12.6. The van der Waals surface area contributed by atoms with Crippen LogP contribution in [-0.2, 0) is 11.3 Å². The van der Waals surface area contributed by atoms with E-state index in [0.29, 0.717) is 31.8 Å². The molecule has 0 N–H and O–H groups in total. The van der Waals surface area contributed by atoms with Crippen LogP contribution in [0, 0.1) is 12.3 Å². The normalized spacial score (nSPS) is 17.8. The lowest BCUT2D eigenvalue weighted by Gasteiger charge is -2.23. The van der Waals surface area contributed by atoms with Gasteiger partial charge in [-0.3, -0.25) is 9.78 Å². The van der Waals surface area contributed by atoms with Crippen molar-refractivity contribution in [3.05, 3.63) is 30.1 Å². The number of rotatable bonds is 8. The summed E-state index contributed by atoms with van der Waals surface area (Å²) >= 11 is 0. The van der Waals surface area contributed by atoms with E-state index in [0.717, 1.165) is 24.8 Å². The quantitative estimate of drug-likeness (QED) is 0.693. The number of aromatic nitrogens is 1. The molecule has 1 aromatic heterocycles. The summed E-state index contributed by atoms with van der Waals surface area (Å²) in [5.74, 6) is 2.81. The number of pyridine rings is 1. The molecule has 22 heavy (non-hydrogen) atoms. The van der Waals surface area contributed by atoms with E-state index in [2.05, 4.69) is 21.1 Å². The first-order valence-corrected chi connectivity index (χ1v) is 7.78. The molecule has 1 aromatic rings. The van der Waals surface area contributed by atoms with Crippen molar-refractivity contribution < 1.29 is 4.79 Å². The molecule has 0 saturated heterocycles. The van der Waals surface area contributed by atoms with Crippen molar-refractivity contribution in [2.24, 2.45) is 10.2 Å². The monoisotopic (exact) mass is 296 g/mol. The molecule has 0 bridgehead atoms. The van der Waals surface area contributed by atoms with Crippen LogP contribution in [0.2, 0.25) is 0 Å². The van der Waals surface area contributed by atoms with E-state index in [1.54, 1.807) is 12.4 Å². The van der Waals surface area contributed by atoms with Gasteiger partial charge < -0.3 is 4.90 Å². The van der Waals surface area contributed by atoms with Gasteiger partial charge in [0, 0.05) is 50.7 Å². The Morgan fingerprint density at radius 1 is 1.32 bits per heavy atom. The van der Waals surface area contributed by atoms with Crippen molar-refractivity contribution in [3.8, 4) is 12.3 Å². The largest absolute Gasteiger partial charge is 0.335 e. The molecule has 3 rings (SSSR count). The Hall–Kier alpha value is -2.22. The Balaban J connectivity index is 1.54. The van der Waals surface area contributed by atoms with Gasteiger partial charge in [0.05, 0.1) is 0 Å². The molecule has 0 aromatic carbocycles. The van der Waals surface area contributed by atoms with Gasteiger partial charge in [-0.15, -0.1) is 12.3 Å². The fourth-order valence-corrected chi connectivity index (χ4v) is 2.61. The van der Waals surface area contributed by atoms with Gasteiger partial charge in [0.2, 0.25) is 5.91 Å². The average Bonchev–Trinajstić information content (AvgIpc) is 3.45. The van der Waals surface area contributed by atoms with E-state index in [9.17, 15) is 4.79 Å². The first-order valence-electron chi connectivity index (χ1n) is 7.78. The van der Waals surface area contributed by atoms with Crippen LogP contribution in [-0.4, -0.2) is 27.5 Å². The van der Waals surface area contributed by atoms with E-state index in [1.807, 2.05) is 17.0 Å². The summed E-state index contributed by atoms with van der Waals surface area (Å²) in [6.07, 6.45) is 13.6. The molecule has 1 amide bonds. The summed E-state index contributed by atoms with van der Waals surface area (Å²) in [5.41, 5.74) is 0.756. The molecule has 1 fully saturated rings. The van der Waals surface area contributed by atoms with Crippen LogP contribution in [0.1, 0.15) is 44.1 Å². The third-order valence-corrected chi connectivity index (χ3v) is 4.20. The minimum Gasteiger partial charge on any atom is -0.335 e. The average molecular weight is 296 g/mol. The molecule has 5 heteroatoms. The lowest BCUT2D eigenvalue weighted by atomic mass is 10.0. The molecule has 1 aliphatic carbocycles. The van der Waals surface area contributed by atoms with E-state index in [-0.39, 0.29) is 11.6 Å². The molecule has 0 unspecified atom stereocenters. The summed E-state index contributed by atoms with van der Waals surface area (Å²) in [4.78, 5) is 18.6. The Bertz CT molecular complexity index is 595. The number of carbonyl (C=O) groups excluding carboxylic acids is 1. The lowest BCUT2D eigenvalue weighted by molar-refractivity contribution is -0.132. The summed E-state index contributed by atoms with van der Waals surface area (Å²) in [6, 6.07) is 4.32.